The van der Waals surface area contributed by atoms with Crippen LogP contribution in [-0.2, 0) is 16.6 Å². The summed E-state index contributed by atoms with van der Waals surface area (Å²) in [6.07, 6.45) is 5.54. The molecule has 0 aliphatic carbocycles. The van der Waals surface area contributed by atoms with E-state index >= 15 is 0 Å². The smallest absolute Gasteiger partial charge is 0.279 e. The van der Waals surface area contributed by atoms with Crippen LogP contribution in [0.25, 0.3) is 10.2 Å². The highest BCUT2D eigenvalue weighted by Gasteiger charge is 2.21. The molecule has 1 amide bonds. The van der Waals surface area contributed by atoms with E-state index in [0.29, 0.717) is 29.4 Å². The number of fused-ring (bicyclic) bond motifs is 1. The lowest BCUT2D eigenvalue weighted by Crippen LogP contribution is -2.30. The van der Waals surface area contributed by atoms with Crippen molar-refractivity contribution >= 4 is 37.5 Å². The maximum Gasteiger partial charge on any atom is 0.279 e. The average molecular weight is 488 g/mol. The maximum atomic E-state index is 12.9. The Hall–Kier alpha value is -3.13. The van der Waals surface area contributed by atoms with Gasteiger partial charge in [0.1, 0.15) is 0 Å². The van der Waals surface area contributed by atoms with Crippen molar-refractivity contribution in [3.8, 4) is 23.8 Å². The molecule has 3 aromatic rings. The van der Waals surface area contributed by atoms with Crippen molar-refractivity contribution in [2.45, 2.75) is 25.3 Å². The zero-order valence-electron chi connectivity index (χ0n) is 18.9. The fourth-order valence-electron chi connectivity index (χ4n) is 3.36. The molecule has 0 bridgehead atoms. The molecule has 0 unspecified atom stereocenters. The number of ether oxygens (including phenoxy) is 2. The van der Waals surface area contributed by atoms with Gasteiger partial charge in [-0.15, -0.1) is 6.42 Å². The van der Waals surface area contributed by atoms with Gasteiger partial charge in [-0.1, -0.05) is 31.1 Å². The second-order valence-corrected chi connectivity index (χ2v) is 9.83. The summed E-state index contributed by atoms with van der Waals surface area (Å²) in [5.41, 5.74) is 1.04. The number of terminal acetylenes is 1. The summed E-state index contributed by atoms with van der Waals surface area (Å²) >= 11 is 1.29. The largest absolute Gasteiger partial charge is 0.493 e. The van der Waals surface area contributed by atoms with Crippen molar-refractivity contribution in [3.05, 3.63) is 46.8 Å². The molecule has 0 aliphatic heterocycles. The van der Waals surface area contributed by atoms with Crippen LogP contribution in [0.15, 0.2) is 46.3 Å². The van der Waals surface area contributed by atoms with Crippen molar-refractivity contribution in [2.75, 3.05) is 27.3 Å². The zero-order chi connectivity index (χ0) is 24.2. The third-order valence-electron chi connectivity index (χ3n) is 5.08. The number of sulfonamides is 1. The number of nitrogens with zero attached hydrogens (tertiary/aromatic N) is 3. The molecule has 1 aromatic heterocycles. The molecule has 0 radical (unpaired) electrons. The molecule has 0 N–H and O–H groups in total. The Bertz CT molecular complexity index is 1380. The number of methoxy groups -OCH3 is 2. The van der Waals surface area contributed by atoms with Crippen LogP contribution in [0.5, 0.6) is 11.5 Å². The Morgan fingerprint density at radius 1 is 1.12 bits per heavy atom. The number of amides is 1. The van der Waals surface area contributed by atoms with Gasteiger partial charge >= 0.3 is 0 Å². The van der Waals surface area contributed by atoms with E-state index in [2.05, 4.69) is 10.9 Å². The molecule has 0 atom stereocenters. The number of rotatable bonds is 8. The lowest BCUT2D eigenvalue weighted by atomic mass is 10.2. The van der Waals surface area contributed by atoms with Gasteiger partial charge in [0.15, 0.2) is 16.3 Å². The minimum atomic E-state index is -3.60. The van der Waals surface area contributed by atoms with Crippen LogP contribution in [0.3, 0.4) is 0 Å². The number of hydrogen-bond donors (Lipinski definition) is 0. The quantitative estimate of drug-likeness (QED) is 0.456. The lowest BCUT2D eigenvalue weighted by Gasteiger charge is -2.18. The Morgan fingerprint density at radius 3 is 2.27 bits per heavy atom. The fourth-order valence-corrected chi connectivity index (χ4v) is 5.86. The first-order valence-corrected chi connectivity index (χ1v) is 12.4. The van der Waals surface area contributed by atoms with Gasteiger partial charge in [0.05, 0.1) is 35.9 Å². The monoisotopic (exact) mass is 487 g/mol. The second kappa shape index (κ2) is 10.2. The normalized spacial score (nSPS) is 12.2. The molecule has 3 rings (SSSR count). The van der Waals surface area contributed by atoms with Gasteiger partial charge in [-0.2, -0.15) is 9.30 Å². The fraction of sp³-hybridized carbons (Fsp3) is 0.304. The molecular weight excluding hydrogens is 462 g/mol. The van der Waals surface area contributed by atoms with Crippen LogP contribution in [0.4, 0.5) is 0 Å². The van der Waals surface area contributed by atoms with Gasteiger partial charge in [0.2, 0.25) is 10.0 Å². The molecule has 0 fully saturated rings. The zero-order valence-corrected chi connectivity index (χ0v) is 20.5. The van der Waals surface area contributed by atoms with E-state index in [1.165, 1.54) is 39.9 Å². The topological polar surface area (TPSA) is 90.2 Å². The number of hydrogen-bond acceptors (Lipinski definition) is 6. The number of benzene rings is 2. The molecule has 0 saturated heterocycles. The molecule has 10 heteroatoms. The molecule has 0 aliphatic rings. The van der Waals surface area contributed by atoms with Gasteiger partial charge in [-0.05, 0) is 24.3 Å². The van der Waals surface area contributed by atoms with Crippen molar-refractivity contribution < 1.29 is 22.7 Å². The van der Waals surface area contributed by atoms with E-state index in [1.807, 2.05) is 6.07 Å². The summed E-state index contributed by atoms with van der Waals surface area (Å²) < 4.78 is 40.0. The Labute approximate surface area is 197 Å². The maximum absolute atomic E-state index is 12.9. The summed E-state index contributed by atoms with van der Waals surface area (Å²) in [5, 5.41) is 0. The first-order valence-electron chi connectivity index (χ1n) is 10.2. The van der Waals surface area contributed by atoms with Gasteiger partial charge in [-0.25, -0.2) is 8.42 Å². The second-order valence-electron chi connectivity index (χ2n) is 6.88. The number of thiazole rings is 1. The van der Waals surface area contributed by atoms with Crippen LogP contribution in [0, 0.1) is 12.3 Å². The van der Waals surface area contributed by atoms with Crippen molar-refractivity contribution in [1.82, 2.24) is 8.87 Å². The van der Waals surface area contributed by atoms with Crippen LogP contribution >= 0.6 is 11.3 Å². The summed E-state index contributed by atoms with van der Waals surface area (Å²) in [4.78, 5) is 17.7. The van der Waals surface area contributed by atoms with E-state index in [-0.39, 0.29) is 17.0 Å². The molecule has 2 aromatic carbocycles. The molecular formula is C23H25N3O5S2. The lowest BCUT2D eigenvalue weighted by molar-refractivity contribution is 0.0998. The highest BCUT2D eigenvalue weighted by Crippen LogP contribution is 2.33. The molecule has 1 heterocycles. The molecule has 8 nitrogen and oxygen atoms in total. The summed E-state index contributed by atoms with van der Waals surface area (Å²) in [6, 6.07) is 9.37. The SMILES string of the molecule is C#CCn1c(=NC(=O)c2ccc(S(=O)(=O)N(CC)CC)cc2)sc2cc(OC)c(OC)cc21. The Balaban J connectivity index is 2.04. The summed E-state index contributed by atoms with van der Waals surface area (Å²) in [6.45, 7) is 4.50. The predicted molar refractivity (Wildman–Crippen MR) is 128 cm³/mol. The first-order chi connectivity index (χ1) is 15.8. The molecule has 33 heavy (non-hydrogen) atoms. The van der Waals surface area contributed by atoms with E-state index in [9.17, 15) is 13.2 Å². The van der Waals surface area contributed by atoms with E-state index < -0.39 is 15.9 Å². The number of aromatic nitrogens is 1. The third-order valence-corrected chi connectivity index (χ3v) is 8.18. The molecule has 0 saturated carbocycles. The highest BCUT2D eigenvalue weighted by atomic mass is 32.2. The van der Waals surface area contributed by atoms with Crippen LogP contribution in [0.1, 0.15) is 24.2 Å². The van der Waals surface area contributed by atoms with E-state index in [1.54, 1.807) is 38.7 Å². The summed E-state index contributed by atoms with van der Waals surface area (Å²) in [5.74, 6) is 3.18. The van der Waals surface area contributed by atoms with Crippen LogP contribution < -0.4 is 14.3 Å². The minimum absolute atomic E-state index is 0.131. The first kappa shape index (κ1) is 24.5. The number of carbonyl (C=O) groups excluding carboxylic acids is 1. The number of carbonyl (C=O) groups is 1. The van der Waals surface area contributed by atoms with Gasteiger partial charge in [-0.3, -0.25) is 4.79 Å². The van der Waals surface area contributed by atoms with Crippen molar-refractivity contribution in [1.29, 1.82) is 0 Å². The Morgan fingerprint density at radius 2 is 1.73 bits per heavy atom. The van der Waals surface area contributed by atoms with Gasteiger partial charge in [0.25, 0.3) is 5.91 Å². The summed E-state index contributed by atoms with van der Waals surface area (Å²) in [7, 11) is -0.514. The van der Waals surface area contributed by atoms with Crippen LogP contribution in [0.2, 0.25) is 0 Å². The van der Waals surface area contributed by atoms with E-state index in [4.69, 9.17) is 15.9 Å². The standard InChI is InChI=1S/C23H25N3O5S2/c1-6-13-26-18-14-19(30-4)20(31-5)15-21(18)32-23(26)24-22(27)16-9-11-17(12-10-16)33(28,29)25(7-2)8-3/h1,9-12,14-15H,7-8,13H2,2-5H3. The average Bonchev–Trinajstić information content (AvgIpc) is 3.14. The van der Waals surface area contributed by atoms with Crippen molar-refractivity contribution in [2.24, 2.45) is 4.99 Å². The van der Waals surface area contributed by atoms with Gasteiger partial charge in [0, 0.05) is 30.8 Å². The molecule has 174 valence electrons. The van der Waals surface area contributed by atoms with Crippen molar-refractivity contribution in [3.63, 3.8) is 0 Å². The third kappa shape index (κ3) is 4.80. The van der Waals surface area contributed by atoms with E-state index in [0.717, 1.165) is 10.2 Å². The minimum Gasteiger partial charge on any atom is -0.493 e. The molecule has 0 spiro atoms. The predicted octanol–water partition coefficient (Wildman–Crippen LogP) is 3.12. The Kier molecular flexibility index (Phi) is 7.58. The van der Waals surface area contributed by atoms with Gasteiger partial charge < -0.3 is 14.0 Å². The van der Waals surface area contributed by atoms with Crippen LogP contribution in [-0.4, -0.2) is 50.5 Å². The highest BCUT2D eigenvalue weighted by molar-refractivity contribution is 7.89.